The second-order valence-corrected chi connectivity index (χ2v) is 7.58. The van der Waals surface area contributed by atoms with Crippen molar-refractivity contribution in [2.24, 2.45) is 17.8 Å². The van der Waals surface area contributed by atoms with Crippen LogP contribution in [-0.2, 0) is 4.79 Å². The van der Waals surface area contributed by atoms with Crippen molar-refractivity contribution in [1.29, 1.82) is 0 Å². The summed E-state index contributed by atoms with van der Waals surface area (Å²) in [5.41, 5.74) is -0.00829. The van der Waals surface area contributed by atoms with Crippen LogP contribution in [-0.4, -0.2) is 29.3 Å². The molecule has 4 rings (SSSR count). The lowest BCUT2D eigenvalue weighted by Gasteiger charge is -2.40. The summed E-state index contributed by atoms with van der Waals surface area (Å²) in [6, 6.07) is 0. The topological polar surface area (TPSA) is 20.3 Å². The third kappa shape index (κ3) is 1.82. The van der Waals surface area contributed by atoms with Gasteiger partial charge in [-0.05, 0) is 69.9 Å². The summed E-state index contributed by atoms with van der Waals surface area (Å²) < 4.78 is 0. The molecule has 2 heteroatoms. The van der Waals surface area contributed by atoms with Gasteiger partial charge in [0.2, 0.25) is 0 Å². The monoisotopic (exact) mass is 261 g/mol. The lowest BCUT2D eigenvalue weighted by molar-refractivity contribution is -0.136. The van der Waals surface area contributed by atoms with Gasteiger partial charge in [-0.2, -0.15) is 0 Å². The van der Waals surface area contributed by atoms with Gasteiger partial charge in [0.1, 0.15) is 0 Å². The van der Waals surface area contributed by atoms with E-state index in [-0.39, 0.29) is 5.54 Å². The number of ketones is 1. The highest BCUT2D eigenvalue weighted by Crippen LogP contribution is 2.52. The third-order valence-electron chi connectivity index (χ3n) is 6.68. The normalized spacial score (nSPS) is 41.2. The highest BCUT2D eigenvalue weighted by atomic mass is 16.1. The second kappa shape index (κ2) is 4.58. The van der Waals surface area contributed by atoms with Gasteiger partial charge in [-0.15, -0.1) is 0 Å². The number of nitrogens with zero attached hydrogens (tertiary/aromatic N) is 1. The molecule has 0 radical (unpaired) electrons. The van der Waals surface area contributed by atoms with Crippen molar-refractivity contribution in [3.8, 4) is 0 Å². The molecule has 19 heavy (non-hydrogen) atoms. The van der Waals surface area contributed by atoms with Gasteiger partial charge in [-0.3, -0.25) is 9.69 Å². The minimum absolute atomic E-state index is 0.00829. The van der Waals surface area contributed by atoms with Gasteiger partial charge in [-0.25, -0.2) is 0 Å². The van der Waals surface area contributed by atoms with E-state index in [1.807, 2.05) is 0 Å². The second-order valence-electron chi connectivity index (χ2n) is 7.58. The standard InChI is InChI=1S/C17H27NO/c19-16(15-12-13-5-6-14(15)11-13)17(7-1-2-8-17)18-9-3-4-10-18/h13-15H,1-12H2. The van der Waals surface area contributed by atoms with Gasteiger partial charge >= 0.3 is 0 Å². The van der Waals surface area contributed by atoms with Gasteiger partial charge in [0, 0.05) is 5.92 Å². The van der Waals surface area contributed by atoms with E-state index in [0.717, 1.165) is 11.8 Å². The van der Waals surface area contributed by atoms with Crippen LogP contribution in [0.2, 0.25) is 0 Å². The highest BCUT2D eigenvalue weighted by Gasteiger charge is 2.53. The smallest absolute Gasteiger partial charge is 0.156 e. The number of fused-ring (bicyclic) bond motifs is 2. The molecule has 1 saturated heterocycles. The van der Waals surface area contributed by atoms with E-state index in [9.17, 15) is 4.79 Å². The number of carbonyl (C=O) groups excluding carboxylic acids is 1. The van der Waals surface area contributed by atoms with Crippen LogP contribution in [0, 0.1) is 17.8 Å². The Bertz CT molecular complexity index is 365. The number of hydrogen-bond acceptors (Lipinski definition) is 2. The first kappa shape index (κ1) is 12.4. The molecule has 4 fully saturated rings. The van der Waals surface area contributed by atoms with Gasteiger partial charge in [-0.1, -0.05) is 19.3 Å². The molecule has 0 aromatic rings. The largest absolute Gasteiger partial charge is 0.297 e. The molecule has 3 unspecified atom stereocenters. The summed E-state index contributed by atoms with van der Waals surface area (Å²) in [6.07, 6.45) is 12.9. The molecule has 2 nitrogen and oxygen atoms in total. The summed E-state index contributed by atoms with van der Waals surface area (Å²) in [4.78, 5) is 15.9. The Balaban J connectivity index is 1.58. The van der Waals surface area contributed by atoms with Crippen LogP contribution in [0.5, 0.6) is 0 Å². The predicted octanol–water partition coefficient (Wildman–Crippen LogP) is 3.40. The lowest BCUT2D eigenvalue weighted by atomic mass is 9.76. The fourth-order valence-corrected chi connectivity index (χ4v) is 5.73. The Morgan fingerprint density at radius 2 is 1.68 bits per heavy atom. The molecule has 106 valence electrons. The van der Waals surface area contributed by atoms with Gasteiger partial charge in [0.15, 0.2) is 5.78 Å². The summed E-state index contributed by atoms with van der Waals surface area (Å²) >= 11 is 0. The fourth-order valence-electron chi connectivity index (χ4n) is 5.73. The van der Waals surface area contributed by atoms with E-state index in [2.05, 4.69) is 4.90 Å². The van der Waals surface area contributed by atoms with Crippen molar-refractivity contribution in [3.05, 3.63) is 0 Å². The molecule has 0 aromatic carbocycles. The van der Waals surface area contributed by atoms with Gasteiger partial charge < -0.3 is 0 Å². The SMILES string of the molecule is O=C(C1CC2CCC1C2)C1(N2CCCC2)CCCC1. The number of carbonyl (C=O) groups is 1. The minimum Gasteiger partial charge on any atom is -0.297 e. The predicted molar refractivity (Wildman–Crippen MR) is 76.0 cm³/mol. The number of Topliss-reactive ketones (excluding diaryl/α,β-unsaturated/α-hetero) is 1. The lowest BCUT2D eigenvalue weighted by Crippen LogP contribution is -2.54. The average Bonchev–Trinajstić information content (AvgIpc) is 3.19. The van der Waals surface area contributed by atoms with Crippen LogP contribution in [0.15, 0.2) is 0 Å². The van der Waals surface area contributed by atoms with Gasteiger partial charge in [0.05, 0.1) is 5.54 Å². The maximum absolute atomic E-state index is 13.3. The Hall–Kier alpha value is -0.370. The third-order valence-corrected chi connectivity index (χ3v) is 6.68. The molecule has 3 saturated carbocycles. The zero-order valence-electron chi connectivity index (χ0n) is 12.1. The first-order chi connectivity index (χ1) is 9.29. The van der Waals surface area contributed by atoms with Crippen molar-refractivity contribution >= 4 is 5.78 Å². The van der Waals surface area contributed by atoms with E-state index in [1.54, 1.807) is 0 Å². The molecule has 0 aromatic heterocycles. The molecule has 1 aliphatic heterocycles. The molecule has 0 spiro atoms. The number of rotatable bonds is 3. The summed E-state index contributed by atoms with van der Waals surface area (Å²) in [5, 5.41) is 0. The Morgan fingerprint density at radius 3 is 2.26 bits per heavy atom. The van der Waals surface area contributed by atoms with Crippen LogP contribution in [0.3, 0.4) is 0 Å². The van der Waals surface area contributed by atoms with Crippen LogP contribution in [0.25, 0.3) is 0 Å². The Labute approximate surface area is 116 Å². The molecule has 0 N–H and O–H groups in total. The average molecular weight is 261 g/mol. The number of hydrogen-bond donors (Lipinski definition) is 0. The molecule has 0 amide bonds. The quantitative estimate of drug-likeness (QED) is 0.776. The first-order valence-corrected chi connectivity index (χ1v) is 8.59. The van der Waals surface area contributed by atoms with E-state index >= 15 is 0 Å². The molecule has 4 aliphatic rings. The van der Waals surface area contributed by atoms with Crippen molar-refractivity contribution in [1.82, 2.24) is 4.90 Å². The Kier molecular flexibility index (Phi) is 2.98. The molecule has 3 atom stereocenters. The zero-order chi connectivity index (χ0) is 12.9. The van der Waals surface area contributed by atoms with Crippen LogP contribution in [0.1, 0.15) is 64.2 Å². The molecule has 1 heterocycles. The zero-order valence-corrected chi connectivity index (χ0v) is 12.1. The van der Waals surface area contributed by atoms with Crippen molar-refractivity contribution in [2.75, 3.05) is 13.1 Å². The number of likely N-dealkylation sites (tertiary alicyclic amines) is 1. The van der Waals surface area contributed by atoms with Gasteiger partial charge in [0.25, 0.3) is 0 Å². The summed E-state index contributed by atoms with van der Waals surface area (Å²) in [6.45, 7) is 2.37. The maximum atomic E-state index is 13.3. The fraction of sp³-hybridized carbons (Fsp3) is 0.941. The van der Waals surface area contributed by atoms with Crippen LogP contribution < -0.4 is 0 Å². The molecule has 2 bridgehead atoms. The van der Waals surface area contributed by atoms with Crippen molar-refractivity contribution < 1.29 is 4.79 Å². The first-order valence-electron chi connectivity index (χ1n) is 8.59. The highest BCUT2D eigenvalue weighted by molar-refractivity contribution is 5.91. The minimum atomic E-state index is -0.00829. The van der Waals surface area contributed by atoms with Crippen LogP contribution >= 0.6 is 0 Å². The molecular formula is C17H27NO. The van der Waals surface area contributed by atoms with Crippen molar-refractivity contribution in [2.45, 2.75) is 69.7 Å². The Morgan fingerprint density at radius 1 is 0.947 bits per heavy atom. The summed E-state index contributed by atoms with van der Waals surface area (Å²) in [5.74, 6) is 2.78. The summed E-state index contributed by atoms with van der Waals surface area (Å²) in [7, 11) is 0. The maximum Gasteiger partial charge on any atom is 0.156 e. The van der Waals surface area contributed by atoms with E-state index < -0.39 is 0 Å². The van der Waals surface area contributed by atoms with Crippen molar-refractivity contribution in [3.63, 3.8) is 0 Å². The van der Waals surface area contributed by atoms with Crippen LogP contribution in [0.4, 0.5) is 0 Å². The van der Waals surface area contributed by atoms with E-state index in [4.69, 9.17) is 0 Å². The van der Waals surface area contributed by atoms with E-state index in [1.165, 1.54) is 77.3 Å². The van der Waals surface area contributed by atoms with E-state index in [0.29, 0.717) is 11.7 Å². The molecule has 3 aliphatic carbocycles. The molecular weight excluding hydrogens is 234 g/mol.